The molecule has 5 aromatic carbocycles. The summed E-state index contributed by atoms with van der Waals surface area (Å²) in [6, 6.07) is 46.9. The second kappa shape index (κ2) is 8.89. The average Bonchev–Trinajstić information content (AvgIpc) is 3.28. The van der Waals surface area contributed by atoms with Crippen molar-refractivity contribution >= 4 is 11.4 Å². The smallest absolute Gasteiger partial charge is 0.0808 e. The maximum atomic E-state index is 3.66. The van der Waals surface area contributed by atoms with Crippen molar-refractivity contribution in [1.29, 1.82) is 0 Å². The Balaban J connectivity index is 1.35. The van der Waals surface area contributed by atoms with E-state index in [0.29, 0.717) is 0 Å². The van der Waals surface area contributed by atoms with Crippen molar-refractivity contribution in [2.45, 2.75) is 6.04 Å². The SMILES string of the molecule is c1ccc(-c2cccc(-c3ccccc3NN3NC(c4ccccc4)c4ccccc43)c2)cc1. The second-order valence-electron chi connectivity index (χ2n) is 8.47. The third kappa shape index (κ3) is 3.83. The topological polar surface area (TPSA) is 27.3 Å². The van der Waals surface area contributed by atoms with Crippen LogP contribution in [0.5, 0.6) is 0 Å². The lowest BCUT2D eigenvalue weighted by molar-refractivity contribution is 0.643. The minimum Gasteiger partial charge on any atom is -0.283 e. The van der Waals surface area contributed by atoms with E-state index in [0.717, 1.165) is 16.9 Å². The molecule has 0 spiro atoms. The van der Waals surface area contributed by atoms with Gasteiger partial charge in [-0.2, -0.15) is 0 Å². The van der Waals surface area contributed by atoms with E-state index in [-0.39, 0.29) is 6.04 Å². The van der Waals surface area contributed by atoms with Crippen LogP contribution in [0.4, 0.5) is 11.4 Å². The van der Waals surface area contributed by atoms with Crippen LogP contribution in [0.25, 0.3) is 22.3 Å². The van der Waals surface area contributed by atoms with E-state index in [2.05, 4.69) is 144 Å². The van der Waals surface area contributed by atoms with Crippen molar-refractivity contribution in [3.05, 3.63) is 145 Å². The van der Waals surface area contributed by atoms with E-state index < -0.39 is 0 Å². The van der Waals surface area contributed by atoms with E-state index in [1.807, 2.05) is 5.12 Å². The van der Waals surface area contributed by atoms with Crippen LogP contribution in [0.1, 0.15) is 17.2 Å². The standard InChI is InChI=1S/C31H25N3/c1-3-12-23(13-4-1)25-16-11-17-26(22-25)27-18-7-9-20-29(27)32-34-30-21-10-8-19-28(30)31(33-34)24-14-5-2-6-15-24/h1-22,31-33H. The Labute approximate surface area is 200 Å². The summed E-state index contributed by atoms with van der Waals surface area (Å²) in [7, 11) is 0. The molecular weight excluding hydrogens is 414 g/mol. The molecule has 1 aliphatic heterocycles. The van der Waals surface area contributed by atoms with Crippen LogP contribution >= 0.6 is 0 Å². The zero-order valence-corrected chi connectivity index (χ0v) is 18.7. The summed E-state index contributed by atoms with van der Waals surface area (Å²) in [4.78, 5) is 0. The monoisotopic (exact) mass is 439 g/mol. The van der Waals surface area contributed by atoms with E-state index in [9.17, 15) is 0 Å². The van der Waals surface area contributed by atoms with Crippen molar-refractivity contribution in [2.75, 3.05) is 10.5 Å². The van der Waals surface area contributed by atoms with Gasteiger partial charge in [-0.25, -0.2) is 10.5 Å². The van der Waals surface area contributed by atoms with Crippen LogP contribution in [0.15, 0.2) is 133 Å². The molecule has 1 unspecified atom stereocenters. The molecule has 1 aliphatic rings. The highest BCUT2D eigenvalue weighted by atomic mass is 15.7. The van der Waals surface area contributed by atoms with Gasteiger partial charge in [0, 0.05) is 11.1 Å². The van der Waals surface area contributed by atoms with Crippen LogP contribution in [0, 0.1) is 0 Å². The fraction of sp³-hybridized carbons (Fsp3) is 0.0323. The van der Waals surface area contributed by atoms with Crippen molar-refractivity contribution in [3.8, 4) is 22.3 Å². The fourth-order valence-corrected chi connectivity index (χ4v) is 4.65. The zero-order valence-electron chi connectivity index (χ0n) is 18.7. The number of para-hydroxylation sites is 2. The number of fused-ring (bicyclic) bond motifs is 1. The molecule has 6 rings (SSSR count). The van der Waals surface area contributed by atoms with Gasteiger partial charge in [0.15, 0.2) is 0 Å². The molecule has 0 fully saturated rings. The van der Waals surface area contributed by atoms with Crippen molar-refractivity contribution < 1.29 is 0 Å². The first-order valence-corrected chi connectivity index (χ1v) is 11.6. The van der Waals surface area contributed by atoms with Crippen LogP contribution in [-0.4, -0.2) is 0 Å². The zero-order chi connectivity index (χ0) is 22.7. The lowest BCUT2D eigenvalue weighted by Crippen LogP contribution is -2.39. The van der Waals surface area contributed by atoms with E-state index >= 15 is 0 Å². The highest BCUT2D eigenvalue weighted by Crippen LogP contribution is 2.38. The maximum Gasteiger partial charge on any atom is 0.0808 e. The molecule has 0 bridgehead atoms. The van der Waals surface area contributed by atoms with Crippen LogP contribution in [0.3, 0.4) is 0 Å². The predicted molar refractivity (Wildman–Crippen MR) is 141 cm³/mol. The Kier molecular flexibility index (Phi) is 5.30. The molecule has 164 valence electrons. The van der Waals surface area contributed by atoms with Gasteiger partial charge in [0.25, 0.3) is 0 Å². The van der Waals surface area contributed by atoms with Gasteiger partial charge in [-0.15, -0.1) is 0 Å². The largest absolute Gasteiger partial charge is 0.283 e. The summed E-state index contributed by atoms with van der Waals surface area (Å²) < 4.78 is 0. The molecular formula is C31H25N3. The molecule has 0 aromatic heterocycles. The maximum absolute atomic E-state index is 3.66. The number of nitrogens with one attached hydrogen (secondary N) is 2. The number of benzene rings is 5. The minimum absolute atomic E-state index is 0.0958. The molecule has 3 heteroatoms. The summed E-state index contributed by atoms with van der Waals surface area (Å²) in [5.74, 6) is 0. The minimum atomic E-state index is 0.0958. The summed E-state index contributed by atoms with van der Waals surface area (Å²) >= 11 is 0. The van der Waals surface area contributed by atoms with Crippen LogP contribution < -0.4 is 16.0 Å². The number of hydrogen-bond donors (Lipinski definition) is 2. The molecule has 0 radical (unpaired) electrons. The molecule has 0 saturated heterocycles. The first kappa shape index (κ1) is 20.3. The molecule has 0 aliphatic carbocycles. The molecule has 5 aromatic rings. The second-order valence-corrected chi connectivity index (χ2v) is 8.47. The predicted octanol–water partition coefficient (Wildman–Crippen LogP) is 7.46. The average molecular weight is 440 g/mol. The summed E-state index contributed by atoms with van der Waals surface area (Å²) in [6.45, 7) is 0. The first-order valence-electron chi connectivity index (χ1n) is 11.6. The third-order valence-corrected chi connectivity index (χ3v) is 6.32. The van der Waals surface area contributed by atoms with Gasteiger partial charge in [0.1, 0.15) is 0 Å². The van der Waals surface area contributed by atoms with E-state index in [4.69, 9.17) is 0 Å². The number of hydrazine groups is 2. The first-order chi connectivity index (χ1) is 16.9. The number of rotatable bonds is 5. The van der Waals surface area contributed by atoms with Gasteiger partial charge >= 0.3 is 0 Å². The quantitative estimate of drug-likeness (QED) is 0.298. The summed E-state index contributed by atoms with van der Waals surface area (Å²) in [5.41, 5.74) is 16.7. The van der Waals surface area contributed by atoms with Crippen molar-refractivity contribution in [2.24, 2.45) is 0 Å². The lowest BCUT2D eigenvalue weighted by atomic mass is 9.98. The number of anilines is 2. The molecule has 34 heavy (non-hydrogen) atoms. The Morgan fingerprint density at radius 2 is 1.21 bits per heavy atom. The summed E-state index contributed by atoms with van der Waals surface area (Å²) in [5, 5.41) is 2.05. The van der Waals surface area contributed by atoms with Crippen LogP contribution in [0.2, 0.25) is 0 Å². The molecule has 0 saturated carbocycles. The third-order valence-electron chi connectivity index (χ3n) is 6.32. The Morgan fingerprint density at radius 1 is 0.559 bits per heavy atom. The van der Waals surface area contributed by atoms with Gasteiger partial charge in [-0.1, -0.05) is 115 Å². The lowest BCUT2D eigenvalue weighted by Gasteiger charge is -2.24. The molecule has 2 N–H and O–H groups in total. The van der Waals surface area contributed by atoms with Crippen molar-refractivity contribution in [1.82, 2.24) is 5.43 Å². The highest BCUT2D eigenvalue weighted by Gasteiger charge is 2.29. The van der Waals surface area contributed by atoms with Gasteiger partial charge in [-0.3, -0.25) is 5.43 Å². The van der Waals surface area contributed by atoms with Gasteiger partial charge < -0.3 is 0 Å². The van der Waals surface area contributed by atoms with Crippen LogP contribution in [-0.2, 0) is 0 Å². The summed E-state index contributed by atoms with van der Waals surface area (Å²) in [6.07, 6.45) is 0. The molecule has 3 nitrogen and oxygen atoms in total. The van der Waals surface area contributed by atoms with E-state index in [1.165, 1.54) is 27.8 Å². The highest BCUT2D eigenvalue weighted by molar-refractivity contribution is 5.82. The number of hydrogen-bond acceptors (Lipinski definition) is 3. The number of nitrogens with zero attached hydrogens (tertiary/aromatic N) is 1. The van der Waals surface area contributed by atoms with Gasteiger partial charge in [-0.05, 0) is 40.5 Å². The molecule has 1 atom stereocenters. The Hall–Kier alpha value is -4.34. The van der Waals surface area contributed by atoms with Gasteiger partial charge in [0.2, 0.25) is 0 Å². The Morgan fingerprint density at radius 3 is 2.06 bits per heavy atom. The normalized spacial score (nSPS) is 14.6. The Bertz CT molecular complexity index is 1410. The molecule has 1 heterocycles. The fourth-order valence-electron chi connectivity index (χ4n) is 4.65. The van der Waals surface area contributed by atoms with Crippen molar-refractivity contribution in [3.63, 3.8) is 0 Å². The van der Waals surface area contributed by atoms with Gasteiger partial charge in [0.05, 0.1) is 17.4 Å². The van der Waals surface area contributed by atoms with E-state index in [1.54, 1.807) is 0 Å². The molecule has 0 amide bonds.